The number of nitrogens with zero attached hydrogens (tertiary/aromatic N) is 1. The molecule has 0 aliphatic carbocycles. The minimum Gasteiger partial charge on any atom is -0.387 e. The van der Waals surface area contributed by atoms with Crippen molar-refractivity contribution in [1.29, 1.82) is 0 Å². The van der Waals surface area contributed by atoms with Gasteiger partial charge in [-0.15, -0.1) is 0 Å². The lowest BCUT2D eigenvalue weighted by molar-refractivity contribution is 0.155. The second-order valence-corrected chi connectivity index (χ2v) is 6.80. The van der Waals surface area contributed by atoms with E-state index < -0.39 is 32.7 Å². The summed E-state index contributed by atoms with van der Waals surface area (Å²) < 4.78 is 51.9. The Morgan fingerprint density at radius 1 is 1.09 bits per heavy atom. The fourth-order valence-corrected chi connectivity index (χ4v) is 3.19. The molecule has 0 spiro atoms. The van der Waals surface area contributed by atoms with Crippen molar-refractivity contribution in [2.24, 2.45) is 0 Å². The zero-order valence-corrected chi connectivity index (χ0v) is 12.6. The molecule has 0 heterocycles. The van der Waals surface area contributed by atoms with E-state index in [4.69, 9.17) is 0 Å². The lowest BCUT2D eigenvalue weighted by atomic mass is 10.1. The molecule has 22 heavy (non-hydrogen) atoms. The highest BCUT2D eigenvalue weighted by Gasteiger charge is 2.26. The van der Waals surface area contributed by atoms with Gasteiger partial charge >= 0.3 is 0 Å². The van der Waals surface area contributed by atoms with Gasteiger partial charge in [0.25, 0.3) is 0 Å². The second kappa shape index (κ2) is 6.51. The van der Waals surface area contributed by atoms with E-state index in [9.17, 15) is 22.3 Å². The molecule has 0 aliphatic heterocycles. The molecule has 0 aliphatic rings. The van der Waals surface area contributed by atoms with Crippen LogP contribution in [0, 0.1) is 11.6 Å². The molecule has 118 valence electrons. The van der Waals surface area contributed by atoms with E-state index in [-0.39, 0.29) is 6.54 Å². The van der Waals surface area contributed by atoms with E-state index in [1.54, 1.807) is 0 Å². The van der Waals surface area contributed by atoms with Crippen molar-refractivity contribution in [2.45, 2.75) is 11.0 Å². The predicted octanol–water partition coefficient (Wildman–Crippen LogP) is 2.32. The fraction of sp³-hybridized carbons (Fsp3) is 0.200. The number of rotatable bonds is 5. The molecule has 1 unspecified atom stereocenters. The molecule has 0 radical (unpaired) electrons. The topological polar surface area (TPSA) is 57.6 Å². The highest BCUT2D eigenvalue weighted by molar-refractivity contribution is 7.89. The van der Waals surface area contributed by atoms with Crippen LogP contribution in [-0.4, -0.2) is 31.4 Å². The normalized spacial score (nSPS) is 13.3. The number of halogens is 2. The van der Waals surface area contributed by atoms with Crippen LogP contribution in [-0.2, 0) is 10.0 Å². The summed E-state index contributed by atoms with van der Waals surface area (Å²) in [5.41, 5.74) is 0.372. The van der Waals surface area contributed by atoms with Crippen molar-refractivity contribution in [3.05, 3.63) is 65.7 Å². The Hall–Kier alpha value is -1.83. The fourth-order valence-electron chi connectivity index (χ4n) is 1.95. The van der Waals surface area contributed by atoms with Gasteiger partial charge in [-0.05, 0) is 29.8 Å². The van der Waals surface area contributed by atoms with Crippen molar-refractivity contribution in [3.63, 3.8) is 0 Å². The number of likely N-dealkylation sites (N-methyl/N-ethyl adjacent to an activating group) is 1. The summed E-state index contributed by atoms with van der Waals surface area (Å²) in [6.07, 6.45) is -1.15. The molecule has 0 saturated carbocycles. The number of hydrogen-bond acceptors (Lipinski definition) is 3. The number of hydrogen-bond donors (Lipinski definition) is 1. The first-order chi connectivity index (χ1) is 10.3. The quantitative estimate of drug-likeness (QED) is 0.917. The number of sulfonamides is 1. The monoisotopic (exact) mass is 327 g/mol. The Kier molecular flexibility index (Phi) is 4.90. The maximum atomic E-state index is 13.6. The maximum absolute atomic E-state index is 13.6. The lowest BCUT2D eigenvalue weighted by Crippen LogP contribution is -2.31. The predicted molar refractivity (Wildman–Crippen MR) is 77.6 cm³/mol. The summed E-state index contributed by atoms with van der Waals surface area (Å²) in [5, 5.41) is 10.0. The van der Waals surface area contributed by atoms with Gasteiger partial charge in [-0.1, -0.05) is 24.3 Å². The minimum atomic E-state index is -4.06. The average molecular weight is 327 g/mol. The number of aliphatic hydroxyl groups is 1. The average Bonchev–Trinajstić information content (AvgIpc) is 2.48. The van der Waals surface area contributed by atoms with Crippen molar-refractivity contribution >= 4 is 10.0 Å². The molecule has 7 heteroatoms. The van der Waals surface area contributed by atoms with Crippen LogP contribution in [0.1, 0.15) is 11.7 Å². The van der Waals surface area contributed by atoms with Crippen LogP contribution < -0.4 is 0 Å². The molecule has 2 aromatic rings. The molecule has 0 bridgehead atoms. The first-order valence-electron chi connectivity index (χ1n) is 6.47. The highest BCUT2D eigenvalue weighted by Crippen LogP contribution is 2.21. The molecule has 4 nitrogen and oxygen atoms in total. The van der Waals surface area contributed by atoms with Gasteiger partial charge in [0.1, 0.15) is 16.5 Å². The van der Waals surface area contributed by atoms with E-state index in [2.05, 4.69) is 0 Å². The van der Waals surface area contributed by atoms with E-state index in [0.717, 1.165) is 16.4 Å². The standard InChI is InChI=1S/C15H15F2NO3S/c1-18(10-14(19)11-6-8-12(16)9-7-11)22(20,21)15-5-3-2-4-13(15)17/h2-9,14,19H,10H2,1H3. The molecule has 1 atom stereocenters. The number of benzene rings is 2. The summed E-state index contributed by atoms with van der Waals surface area (Å²) in [7, 11) is -2.81. The van der Waals surface area contributed by atoms with Crippen LogP contribution in [0.5, 0.6) is 0 Å². The molecule has 0 fully saturated rings. The Balaban J connectivity index is 2.19. The molecule has 0 amide bonds. The number of aliphatic hydroxyl groups excluding tert-OH is 1. The van der Waals surface area contributed by atoms with Crippen LogP contribution in [0.25, 0.3) is 0 Å². The zero-order chi connectivity index (χ0) is 16.3. The highest BCUT2D eigenvalue weighted by atomic mass is 32.2. The maximum Gasteiger partial charge on any atom is 0.245 e. The summed E-state index contributed by atoms with van der Waals surface area (Å²) >= 11 is 0. The van der Waals surface area contributed by atoms with Gasteiger partial charge in [0, 0.05) is 13.6 Å². The van der Waals surface area contributed by atoms with E-state index >= 15 is 0 Å². The Bertz CT molecular complexity index is 748. The SMILES string of the molecule is CN(CC(O)c1ccc(F)cc1)S(=O)(=O)c1ccccc1F. The molecule has 0 aromatic heterocycles. The minimum absolute atomic E-state index is 0.275. The van der Waals surface area contributed by atoms with E-state index in [1.807, 2.05) is 0 Å². The van der Waals surface area contributed by atoms with Crippen LogP contribution in [0.3, 0.4) is 0 Å². The summed E-state index contributed by atoms with van der Waals surface area (Å²) in [5.74, 6) is -1.31. The van der Waals surface area contributed by atoms with Crippen LogP contribution in [0.15, 0.2) is 53.4 Å². The molecular formula is C15H15F2NO3S. The molecule has 0 saturated heterocycles. The summed E-state index contributed by atoms with van der Waals surface area (Å²) in [4.78, 5) is -0.455. The Morgan fingerprint density at radius 3 is 2.27 bits per heavy atom. The third-order valence-electron chi connectivity index (χ3n) is 3.21. The smallest absolute Gasteiger partial charge is 0.245 e. The van der Waals surface area contributed by atoms with Crippen molar-refractivity contribution < 1.29 is 22.3 Å². The van der Waals surface area contributed by atoms with Gasteiger partial charge in [0.15, 0.2) is 0 Å². The molecule has 1 N–H and O–H groups in total. The van der Waals surface area contributed by atoms with Crippen LogP contribution in [0.2, 0.25) is 0 Å². The third kappa shape index (κ3) is 3.49. The van der Waals surface area contributed by atoms with Crippen molar-refractivity contribution in [1.82, 2.24) is 4.31 Å². The first-order valence-corrected chi connectivity index (χ1v) is 7.91. The van der Waals surface area contributed by atoms with Gasteiger partial charge in [-0.2, -0.15) is 4.31 Å². The van der Waals surface area contributed by atoms with Crippen molar-refractivity contribution in [2.75, 3.05) is 13.6 Å². The zero-order valence-electron chi connectivity index (χ0n) is 11.8. The van der Waals surface area contributed by atoms with E-state index in [0.29, 0.717) is 5.56 Å². The Morgan fingerprint density at radius 2 is 1.68 bits per heavy atom. The third-order valence-corrected chi connectivity index (χ3v) is 5.07. The van der Waals surface area contributed by atoms with Gasteiger partial charge in [-0.25, -0.2) is 17.2 Å². The van der Waals surface area contributed by atoms with Gasteiger partial charge in [0.2, 0.25) is 10.0 Å². The second-order valence-electron chi connectivity index (χ2n) is 4.78. The van der Waals surface area contributed by atoms with Gasteiger partial charge in [0.05, 0.1) is 6.10 Å². The first kappa shape index (κ1) is 16.5. The van der Waals surface area contributed by atoms with Gasteiger partial charge < -0.3 is 5.11 Å². The van der Waals surface area contributed by atoms with Crippen molar-refractivity contribution in [3.8, 4) is 0 Å². The van der Waals surface area contributed by atoms with Crippen LogP contribution >= 0.6 is 0 Å². The summed E-state index contributed by atoms with van der Waals surface area (Å²) in [6, 6.07) is 10.1. The van der Waals surface area contributed by atoms with Gasteiger partial charge in [-0.3, -0.25) is 0 Å². The summed E-state index contributed by atoms with van der Waals surface area (Å²) in [6.45, 7) is -0.275. The van der Waals surface area contributed by atoms with E-state index in [1.165, 1.54) is 43.4 Å². The largest absolute Gasteiger partial charge is 0.387 e. The lowest BCUT2D eigenvalue weighted by Gasteiger charge is -2.21. The Labute approximate surface area is 127 Å². The van der Waals surface area contributed by atoms with Crippen LogP contribution in [0.4, 0.5) is 8.78 Å². The molecule has 2 rings (SSSR count). The molecular weight excluding hydrogens is 312 g/mol. The molecule has 2 aromatic carbocycles.